The van der Waals surface area contributed by atoms with Crippen LogP contribution in [0.5, 0.6) is 0 Å². The lowest BCUT2D eigenvalue weighted by Crippen LogP contribution is -2.00. The second-order valence-corrected chi connectivity index (χ2v) is 4.76. The van der Waals surface area contributed by atoms with Crippen LogP contribution in [0.15, 0.2) is 35.2 Å². The van der Waals surface area contributed by atoms with E-state index in [9.17, 15) is 4.79 Å². The van der Waals surface area contributed by atoms with Crippen LogP contribution in [-0.2, 0) is 0 Å². The topological polar surface area (TPSA) is 54.6 Å². The van der Waals surface area contributed by atoms with Gasteiger partial charge in [-0.05, 0) is 30.5 Å². The predicted molar refractivity (Wildman–Crippen MR) is 70.2 cm³/mol. The minimum atomic E-state index is -0.956. The molecule has 3 aromatic heterocycles. The van der Waals surface area contributed by atoms with E-state index in [4.69, 9.17) is 5.11 Å². The van der Waals surface area contributed by atoms with Crippen molar-refractivity contribution in [1.29, 1.82) is 0 Å². The van der Waals surface area contributed by atoms with Gasteiger partial charge in [0.05, 0.1) is 5.69 Å². The second-order valence-electron chi connectivity index (χ2n) is 3.98. The summed E-state index contributed by atoms with van der Waals surface area (Å²) in [6.07, 6.45) is 1.83. The number of rotatable bonds is 2. The zero-order valence-electron chi connectivity index (χ0n) is 9.62. The summed E-state index contributed by atoms with van der Waals surface area (Å²) in [5, 5.41) is 13.2. The molecule has 0 aliphatic heterocycles. The van der Waals surface area contributed by atoms with Crippen LogP contribution in [0.1, 0.15) is 16.1 Å². The molecule has 3 aromatic rings. The zero-order chi connectivity index (χ0) is 12.7. The lowest BCUT2D eigenvalue weighted by atomic mass is 10.2. The summed E-state index contributed by atoms with van der Waals surface area (Å²) in [5.41, 5.74) is 3.53. The Bertz CT molecular complexity index is 729. The van der Waals surface area contributed by atoms with Crippen molar-refractivity contribution in [3.05, 3.63) is 46.4 Å². The molecule has 0 saturated carbocycles. The van der Waals surface area contributed by atoms with Gasteiger partial charge in [0, 0.05) is 22.8 Å². The minimum Gasteiger partial charge on any atom is -0.478 e. The fourth-order valence-electron chi connectivity index (χ4n) is 2.03. The van der Waals surface area contributed by atoms with Gasteiger partial charge in [-0.15, -0.1) is 0 Å². The van der Waals surface area contributed by atoms with E-state index in [-0.39, 0.29) is 5.56 Å². The molecule has 3 heterocycles. The molecule has 1 N–H and O–H groups in total. The largest absolute Gasteiger partial charge is 0.478 e. The first kappa shape index (κ1) is 11.0. The number of aromatic carboxylic acids is 1. The maximum Gasteiger partial charge on any atom is 0.339 e. The normalized spacial score (nSPS) is 10.9. The zero-order valence-corrected chi connectivity index (χ0v) is 10.4. The van der Waals surface area contributed by atoms with Gasteiger partial charge < -0.3 is 9.51 Å². The van der Waals surface area contributed by atoms with Crippen molar-refractivity contribution in [2.75, 3.05) is 0 Å². The van der Waals surface area contributed by atoms with Gasteiger partial charge in [0.2, 0.25) is 0 Å². The monoisotopic (exact) mass is 258 g/mol. The van der Waals surface area contributed by atoms with Gasteiger partial charge in [0.15, 0.2) is 5.65 Å². The predicted octanol–water partition coefficient (Wildman–Crippen LogP) is 3.07. The number of aryl methyl sites for hydroxylation is 1. The summed E-state index contributed by atoms with van der Waals surface area (Å²) in [7, 11) is 0. The first-order valence-electron chi connectivity index (χ1n) is 5.42. The van der Waals surface area contributed by atoms with Crippen molar-refractivity contribution in [2.45, 2.75) is 6.92 Å². The third kappa shape index (κ3) is 1.52. The Morgan fingerprint density at radius 1 is 1.44 bits per heavy atom. The number of fused-ring (bicyclic) bond motifs is 1. The lowest BCUT2D eigenvalue weighted by molar-refractivity contribution is 0.0698. The summed E-state index contributed by atoms with van der Waals surface area (Å²) in [4.78, 5) is 15.6. The smallest absolute Gasteiger partial charge is 0.339 e. The molecule has 0 atom stereocenters. The lowest BCUT2D eigenvalue weighted by Gasteiger charge is -1.98. The molecule has 0 aliphatic carbocycles. The molecule has 0 spiro atoms. The van der Waals surface area contributed by atoms with Crippen LogP contribution in [0.3, 0.4) is 0 Å². The molecule has 0 aromatic carbocycles. The molecule has 5 heteroatoms. The van der Waals surface area contributed by atoms with E-state index in [1.807, 2.05) is 34.3 Å². The molecule has 0 fully saturated rings. The van der Waals surface area contributed by atoms with Crippen LogP contribution >= 0.6 is 11.3 Å². The van der Waals surface area contributed by atoms with Gasteiger partial charge >= 0.3 is 5.97 Å². The van der Waals surface area contributed by atoms with Crippen molar-refractivity contribution in [2.24, 2.45) is 0 Å². The van der Waals surface area contributed by atoms with Crippen molar-refractivity contribution in [1.82, 2.24) is 9.38 Å². The number of hydrogen-bond acceptors (Lipinski definition) is 3. The van der Waals surface area contributed by atoms with Crippen LogP contribution in [0.2, 0.25) is 0 Å². The Morgan fingerprint density at radius 3 is 2.94 bits per heavy atom. The highest BCUT2D eigenvalue weighted by Gasteiger charge is 2.16. The highest BCUT2D eigenvalue weighted by Crippen LogP contribution is 2.26. The first-order valence-corrected chi connectivity index (χ1v) is 6.36. The quantitative estimate of drug-likeness (QED) is 0.768. The summed E-state index contributed by atoms with van der Waals surface area (Å²) >= 11 is 1.60. The van der Waals surface area contributed by atoms with Crippen LogP contribution in [0.25, 0.3) is 16.9 Å². The third-order valence-electron chi connectivity index (χ3n) is 2.91. The Morgan fingerprint density at radius 2 is 2.28 bits per heavy atom. The Labute approximate surface area is 107 Å². The molecule has 18 heavy (non-hydrogen) atoms. The molecule has 3 rings (SSSR count). The van der Waals surface area contributed by atoms with Gasteiger partial charge in [-0.1, -0.05) is 0 Å². The molecule has 4 nitrogen and oxygen atoms in total. The van der Waals surface area contributed by atoms with E-state index in [0.717, 1.165) is 17.0 Å². The van der Waals surface area contributed by atoms with Crippen molar-refractivity contribution < 1.29 is 9.90 Å². The maximum absolute atomic E-state index is 11.2. The van der Waals surface area contributed by atoms with Gasteiger partial charge in [-0.2, -0.15) is 11.3 Å². The molecule has 0 aliphatic rings. The maximum atomic E-state index is 11.2. The number of carbonyl (C=O) groups is 1. The Balaban J connectivity index is 2.34. The summed E-state index contributed by atoms with van der Waals surface area (Å²) in [6, 6.07) is 5.28. The highest BCUT2D eigenvalue weighted by atomic mass is 32.1. The number of thiophene rings is 1. The SMILES string of the molecule is Cc1c(-c2ccsc2)nc2c(C(=O)O)cccn12. The van der Waals surface area contributed by atoms with Crippen LogP contribution < -0.4 is 0 Å². The molecule has 0 radical (unpaired) electrons. The van der Waals surface area contributed by atoms with Crippen LogP contribution in [0.4, 0.5) is 0 Å². The number of aromatic nitrogens is 2. The average Bonchev–Trinajstić information content (AvgIpc) is 2.97. The molecule has 90 valence electrons. The molecular weight excluding hydrogens is 248 g/mol. The van der Waals surface area contributed by atoms with Crippen molar-refractivity contribution in [3.63, 3.8) is 0 Å². The number of pyridine rings is 1. The minimum absolute atomic E-state index is 0.224. The number of carboxylic acids is 1. The summed E-state index contributed by atoms with van der Waals surface area (Å²) in [5.74, 6) is -0.956. The number of hydrogen-bond donors (Lipinski definition) is 1. The number of imidazole rings is 1. The average molecular weight is 258 g/mol. The van der Waals surface area contributed by atoms with Gasteiger partial charge in [0.1, 0.15) is 5.56 Å². The summed E-state index contributed by atoms with van der Waals surface area (Å²) in [6.45, 7) is 1.94. The van der Waals surface area contributed by atoms with Crippen molar-refractivity contribution >= 4 is 23.0 Å². The Kier molecular flexibility index (Phi) is 2.41. The van der Waals surface area contributed by atoms with Crippen molar-refractivity contribution in [3.8, 4) is 11.3 Å². The fraction of sp³-hybridized carbons (Fsp3) is 0.0769. The highest BCUT2D eigenvalue weighted by molar-refractivity contribution is 7.08. The van der Waals surface area contributed by atoms with E-state index in [1.165, 1.54) is 0 Å². The van der Waals surface area contributed by atoms with E-state index in [2.05, 4.69) is 4.98 Å². The first-order chi connectivity index (χ1) is 8.68. The Hall–Kier alpha value is -2.14. The van der Waals surface area contributed by atoms with E-state index >= 15 is 0 Å². The van der Waals surface area contributed by atoms with E-state index in [0.29, 0.717) is 5.65 Å². The standard InChI is InChI=1S/C13H10N2O2S/c1-8-11(9-4-6-18-7-9)14-12-10(13(16)17)3-2-5-15(8)12/h2-7H,1H3,(H,16,17). The van der Waals surface area contributed by atoms with Crippen LogP contribution in [-0.4, -0.2) is 20.5 Å². The molecule has 0 unspecified atom stereocenters. The second kappa shape index (κ2) is 3.96. The number of carboxylic acid groups (broad SMARTS) is 1. The van der Waals surface area contributed by atoms with E-state index in [1.54, 1.807) is 23.5 Å². The fourth-order valence-corrected chi connectivity index (χ4v) is 2.67. The van der Waals surface area contributed by atoms with E-state index < -0.39 is 5.97 Å². The third-order valence-corrected chi connectivity index (χ3v) is 3.60. The van der Waals surface area contributed by atoms with Gasteiger partial charge in [0.25, 0.3) is 0 Å². The van der Waals surface area contributed by atoms with Gasteiger partial charge in [-0.25, -0.2) is 9.78 Å². The molecule has 0 saturated heterocycles. The molecule has 0 bridgehead atoms. The van der Waals surface area contributed by atoms with Gasteiger partial charge in [-0.3, -0.25) is 0 Å². The molecular formula is C13H10N2O2S. The number of nitrogens with zero attached hydrogens (tertiary/aromatic N) is 2. The molecule has 0 amide bonds. The summed E-state index contributed by atoms with van der Waals surface area (Å²) < 4.78 is 1.82. The van der Waals surface area contributed by atoms with Crippen LogP contribution in [0, 0.1) is 6.92 Å².